The van der Waals surface area contributed by atoms with Crippen LogP contribution in [-0.2, 0) is 24.3 Å². The fraction of sp³-hybridized carbons (Fsp3) is 0.600. The second-order valence-corrected chi connectivity index (χ2v) is 9.88. The topological polar surface area (TPSA) is 93.2 Å². The molecule has 8 nitrogen and oxygen atoms in total. The van der Waals surface area contributed by atoms with Crippen LogP contribution in [0.3, 0.4) is 0 Å². The molecule has 0 aromatic heterocycles. The number of amides is 1. The van der Waals surface area contributed by atoms with Gasteiger partial charge in [0.1, 0.15) is 0 Å². The average molecular weight is 459 g/mol. The van der Waals surface area contributed by atoms with Crippen LogP contribution >= 0.6 is 11.6 Å². The van der Waals surface area contributed by atoms with Gasteiger partial charge in [0, 0.05) is 26.2 Å². The van der Waals surface area contributed by atoms with E-state index in [0.29, 0.717) is 13.2 Å². The van der Waals surface area contributed by atoms with Crippen molar-refractivity contribution in [3.05, 3.63) is 28.8 Å². The van der Waals surface area contributed by atoms with Gasteiger partial charge in [0.2, 0.25) is 10.0 Å². The van der Waals surface area contributed by atoms with Crippen molar-refractivity contribution in [2.24, 2.45) is 0 Å². The Balaban J connectivity index is 1.66. The first-order chi connectivity index (χ1) is 14.3. The zero-order valence-corrected chi connectivity index (χ0v) is 18.6. The van der Waals surface area contributed by atoms with Gasteiger partial charge in [-0.3, -0.25) is 4.79 Å². The predicted octanol–water partition coefficient (Wildman–Crippen LogP) is 2.31. The van der Waals surface area contributed by atoms with Gasteiger partial charge in [-0.1, -0.05) is 30.9 Å². The Hall–Kier alpha value is -1.68. The van der Waals surface area contributed by atoms with E-state index in [2.05, 4.69) is 0 Å². The van der Waals surface area contributed by atoms with Crippen LogP contribution in [0.2, 0.25) is 5.02 Å². The number of ether oxygens (including phenoxy) is 2. The number of hydrogen-bond donors (Lipinski definition) is 0. The van der Waals surface area contributed by atoms with Gasteiger partial charge < -0.3 is 14.4 Å². The van der Waals surface area contributed by atoms with Gasteiger partial charge in [0.25, 0.3) is 5.91 Å². The Morgan fingerprint density at radius 1 is 1.20 bits per heavy atom. The Morgan fingerprint density at radius 3 is 2.53 bits per heavy atom. The summed E-state index contributed by atoms with van der Waals surface area (Å²) in [6, 6.07) is 4.06. The van der Waals surface area contributed by atoms with E-state index in [-0.39, 0.29) is 40.5 Å². The summed E-state index contributed by atoms with van der Waals surface area (Å²) in [5, 5.41) is 0.0639. The molecule has 0 radical (unpaired) electrons. The lowest BCUT2D eigenvalue weighted by atomic mass is 9.94. The van der Waals surface area contributed by atoms with Crippen molar-refractivity contribution >= 4 is 33.5 Å². The number of esters is 1. The monoisotopic (exact) mass is 458 g/mol. The molecule has 1 aliphatic carbocycles. The second kappa shape index (κ2) is 10.1. The molecule has 166 valence electrons. The van der Waals surface area contributed by atoms with Crippen molar-refractivity contribution in [3.63, 3.8) is 0 Å². The number of carbonyl (C=O) groups is 2. The molecule has 1 heterocycles. The molecule has 3 rings (SSSR count). The van der Waals surface area contributed by atoms with Crippen molar-refractivity contribution in [2.45, 2.75) is 43.0 Å². The predicted molar refractivity (Wildman–Crippen MR) is 111 cm³/mol. The van der Waals surface area contributed by atoms with Gasteiger partial charge >= 0.3 is 5.97 Å². The maximum atomic E-state index is 12.8. The number of rotatable bonds is 6. The smallest absolute Gasteiger partial charge is 0.340 e. The lowest BCUT2D eigenvalue weighted by Gasteiger charge is -2.31. The van der Waals surface area contributed by atoms with Crippen molar-refractivity contribution in [2.75, 3.05) is 40.0 Å². The van der Waals surface area contributed by atoms with Gasteiger partial charge in [0.05, 0.1) is 28.7 Å². The van der Waals surface area contributed by atoms with Crippen LogP contribution in [0.15, 0.2) is 23.1 Å². The second-order valence-electron chi connectivity index (χ2n) is 7.53. The number of benzene rings is 1. The summed E-state index contributed by atoms with van der Waals surface area (Å²) in [5.74, 6) is -1.12. The van der Waals surface area contributed by atoms with Crippen molar-refractivity contribution in [1.29, 1.82) is 0 Å². The van der Waals surface area contributed by atoms with E-state index in [1.165, 1.54) is 28.9 Å². The highest BCUT2D eigenvalue weighted by atomic mass is 35.5. The molecule has 1 saturated heterocycles. The first-order valence-electron chi connectivity index (χ1n) is 10.1. The summed E-state index contributed by atoms with van der Waals surface area (Å²) in [7, 11) is -2.07. The van der Waals surface area contributed by atoms with E-state index in [4.69, 9.17) is 21.1 Å². The van der Waals surface area contributed by atoms with E-state index in [0.717, 1.165) is 25.7 Å². The van der Waals surface area contributed by atoms with Gasteiger partial charge in [-0.25, -0.2) is 13.2 Å². The van der Waals surface area contributed by atoms with Crippen LogP contribution in [-0.4, -0.2) is 75.5 Å². The molecule has 30 heavy (non-hydrogen) atoms. The third-order valence-electron chi connectivity index (χ3n) is 5.61. The summed E-state index contributed by atoms with van der Waals surface area (Å²) < 4.78 is 37.3. The van der Waals surface area contributed by atoms with Crippen LogP contribution in [0.1, 0.15) is 42.5 Å². The van der Waals surface area contributed by atoms with E-state index >= 15 is 0 Å². The van der Waals surface area contributed by atoms with E-state index in [9.17, 15) is 18.0 Å². The summed E-state index contributed by atoms with van der Waals surface area (Å²) in [6.45, 7) is 0.707. The maximum Gasteiger partial charge on any atom is 0.340 e. The van der Waals surface area contributed by atoms with Crippen molar-refractivity contribution < 1.29 is 27.5 Å². The lowest BCUT2D eigenvalue weighted by molar-refractivity contribution is -0.135. The van der Waals surface area contributed by atoms with Crippen molar-refractivity contribution in [1.82, 2.24) is 9.21 Å². The highest BCUT2D eigenvalue weighted by Crippen LogP contribution is 2.25. The molecular formula is C20H27ClN2O6S. The van der Waals surface area contributed by atoms with Crippen LogP contribution in [0, 0.1) is 0 Å². The van der Waals surface area contributed by atoms with Crippen LogP contribution < -0.4 is 0 Å². The standard InChI is InChI=1S/C20H27ClN2O6S/c1-22(15-5-3-2-4-6-15)19(24)14-29-20(25)17-13-16(7-8-18(17)21)30(26,27)23-9-11-28-12-10-23/h7-8,13,15H,2-6,9-12,14H2,1H3. The third kappa shape index (κ3) is 5.32. The molecule has 0 unspecified atom stereocenters. The van der Waals surface area contributed by atoms with Gasteiger partial charge in [-0.05, 0) is 31.0 Å². The summed E-state index contributed by atoms with van der Waals surface area (Å²) in [6.07, 6.45) is 5.24. The molecule has 0 atom stereocenters. The molecule has 0 spiro atoms. The zero-order valence-electron chi connectivity index (χ0n) is 17.0. The summed E-state index contributed by atoms with van der Waals surface area (Å²) in [4.78, 5) is 26.5. The van der Waals surface area contributed by atoms with Gasteiger partial charge in [-0.2, -0.15) is 4.31 Å². The van der Waals surface area contributed by atoms with Gasteiger partial charge in [0.15, 0.2) is 6.61 Å². The third-order valence-corrected chi connectivity index (χ3v) is 7.83. The minimum absolute atomic E-state index is 0.0496. The highest BCUT2D eigenvalue weighted by Gasteiger charge is 2.28. The number of nitrogens with zero attached hydrogens (tertiary/aromatic N) is 2. The van der Waals surface area contributed by atoms with E-state index < -0.39 is 22.6 Å². The van der Waals surface area contributed by atoms with E-state index in [1.807, 2.05) is 0 Å². The average Bonchev–Trinajstić information content (AvgIpc) is 2.78. The quantitative estimate of drug-likeness (QED) is 0.607. The number of carbonyl (C=O) groups excluding carboxylic acids is 2. The molecule has 1 saturated carbocycles. The Bertz CT molecular complexity index is 879. The zero-order chi connectivity index (χ0) is 21.7. The molecule has 10 heteroatoms. The largest absolute Gasteiger partial charge is 0.452 e. The normalized spacial score (nSPS) is 18.7. The van der Waals surface area contributed by atoms with Crippen LogP contribution in [0.5, 0.6) is 0 Å². The number of hydrogen-bond acceptors (Lipinski definition) is 6. The highest BCUT2D eigenvalue weighted by molar-refractivity contribution is 7.89. The minimum Gasteiger partial charge on any atom is -0.452 e. The maximum absolute atomic E-state index is 12.8. The SMILES string of the molecule is CN(C(=O)COC(=O)c1cc(S(=O)(=O)N2CCOCC2)ccc1Cl)C1CCCCC1. The molecule has 1 aromatic carbocycles. The Kier molecular flexibility index (Phi) is 7.73. The fourth-order valence-electron chi connectivity index (χ4n) is 3.74. The Morgan fingerprint density at radius 2 is 1.87 bits per heavy atom. The molecule has 2 fully saturated rings. The molecule has 1 aliphatic heterocycles. The first kappa shape index (κ1) is 23.0. The first-order valence-corrected chi connectivity index (χ1v) is 11.9. The van der Waals surface area contributed by atoms with Crippen molar-refractivity contribution in [3.8, 4) is 0 Å². The van der Waals surface area contributed by atoms with Gasteiger partial charge in [-0.15, -0.1) is 0 Å². The molecule has 0 bridgehead atoms. The molecule has 1 amide bonds. The molecule has 2 aliphatic rings. The van der Waals surface area contributed by atoms with Crippen LogP contribution in [0.25, 0.3) is 0 Å². The summed E-state index contributed by atoms with van der Waals surface area (Å²) in [5.41, 5.74) is -0.0841. The summed E-state index contributed by atoms with van der Waals surface area (Å²) >= 11 is 6.10. The number of halogens is 1. The molecular weight excluding hydrogens is 432 g/mol. The number of likely N-dealkylation sites (N-methyl/N-ethyl adjacent to an activating group) is 1. The lowest BCUT2D eigenvalue weighted by Crippen LogP contribution is -2.41. The Labute approximate surface area is 182 Å². The minimum atomic E-state index is -3.78. The number of morpholine rings is 1. The molecule has 0 N–H and O–H groups in total. The van der Waals surface area contributed by atoms with E-state index in [1.54, 1.807) is 11.9 Å². The molecule has 1 aromatic rings. The number of sulfonamides is 1. The van der Waals surface area contributed by atoms with Crippen LogP contribution in [0.4, 0.5) is 0 Å². The fourth-order valence-corrected chi connectivity index (χ4v) is 5.37.